The van der Waals surface area contributed by atoms with Crippen LogP contribution in [0, 0.1) is 0 Å². The first-order chi connectivity index (χ1) is 9.20. The van der Waals surface area contributed by atoms with Gasteiger partial charge in [0.05, 0.1) is 0 Å². The Hall–Kier alpha value is -2.38. The van der Waals surface area contributed by atoms with Crippen LogP contribution in [-0.2, 0) is 4.74 Å². The largest absolute Gasteiger partial charge is 0.518 e. The van der Waals surface area contributed by atoms with Gasteiger partial charge in [-0.3, -0.25) is 0 Å². The zero-order valence-corrected chi connectivity index (χ0v) is 9.71. The minimum Gasteiger partial charge on any atom is -0.395 e. The molecule has 108 valence electrons. The second-order valence-electron chi connectivity index (χ2n) is 3.38. The maximum Gasteiger partial charge on any atom is 0.518 e. The SMILES string of the molecule is C=C(F)C(F)(F)OC(=O)Oc1ccc(C=C(F)F)cc1. The van der Waals surface area contributed by atoms with Crippen LogP contribution in [0.4, 0.5) is 26.7 Å². The smallest absolute Gasteiger partial charge is 0.395 e. The molecule has 8 heteroatoms. The molecule has 0 atom stereocenters. The van der Waals surface area contributed by atoms with Crippen molar-refractivity contribution in [3.8, 4) is 5.75 Å². The lowest BCUT2D eigenvalue weighted by Gasteiger charge is -2.13. The number of rotatable bonds is 4. The van der Waals surface area contributed by atoms with Crippen molar-refractivity contribution in [3.05, 3.63) is 48.3 Å². The van der Waals surface area contributed by atoms with Crippen LogP contribution in [0.1, 0.15) is 5.56 Å². The third-order valence-corrected chi connectivity index (χ3v) is 1.88. The van der Waals surface area contributed by atoms with Gasteiger partial charge in [0.25, 0.3) is 6.08 Å². The molecule has 0 aliphatic carbocycles. The monoisotopic (exact) mass is 294 g/mol. The number of carbonyl (C=O) groups excluding carboxylic acids is 1. The Balaban J connectivity index is 2.68. The third kappa shape index (κ3) is 4.71. The highest BCUT2D eigenvalue weighted by molar-refractivity contribution is 5.64. The van der Waals surface area contributed by atoms with Crippen LogP contribution in [-0.4, -0.2) is 12.3 Å². The van der Waals surface area contributed by atoms with Crippen LogP contribution in [0.2, 0.25) is 0 Å². The van der Waals surface area contributed by atoms with Gasteiger partial charge in [-0.05, 0) is 17.7 Å². The molecule has 3 nitrogen and oxygen atoms in total. The van der Waals surface area contributed by atoms with Crippen LogP contribution in [0.15, 0.2) is 42.8 Å². The molecule has 0 radical (unpaired) electrons. The van der Waals surface area contributed by atoms with Crippen LogP contribution >= 0.6 is 0 Å². The Morgan fingerprint density at radius 2 is 1.70 bits per heavy atom. The molecule has 0 saturated heterocycles. The molecular weight excluding hydrogens is 287 g/mol. The van der Waals surface area contributed by atoms with Crippen LogP contribution in [0.25, 0.3) is 6.08 Å². The fraction of sp³-hybridized carbons (Fsp3) is 0.0833. The molecule has 0 unspecified atom stereocenters. The average Bonchev–Trinajstić information content (AvgIpc) is 2.30. The molecule has 0 N–H and O–H groups in total. The number of halogens is 5. The zero-order valence-electron chi connectivity index (χ0n) is 9.71. The van der Waals surface area contributed by atoms with Gasteiger partial charge in [-0.25, -0.2) is 9.18 Å². The number of carbonyl (C=O) groups is 1. The van der Waals surface area contributed by atoms with E-state index in [1.54, 1.807) is 0 Å². The molecular formula is C12H7F5O3. The Bertz CT molecular complexity index is 533. The van der Waals surface area contributed by atoms with E-state index < -0.39 is 24.2 Å². The van der Waals surface area contributed by atoms with E-state index in [2.05, 4.69) is 16.1 Å². The summed E-state index contributed by atoms with van der Waals surface area (Å²) in [5, 5.41) is 0. The van der Waals surface area contributed by atoms with Crippen molar-refractivity contribution >= 4 is 12.2 Å². The molecule has 0 aliphatic rings. The highest BCUT2D eigenvalue weighted by Crippen LogP contribution is 2.26. The molecule has 1 aromatic rings. The van der Waals surface area contributed by atoms with Gasteiger partial charge in [-0.15, -0.1) is 0 Å². The highest BCUT2D eigenvalue weighted by atomic mass is 19.3. The molecule has 0 fully saturated rings. The minimum absolute atomic E-state index is 0.105. The van der Waals surface area contributed by atoms with Crippen LogP contribution in [0.3, 0.4) is 0 Å². The number of benzene rings is 1. The number of hydrogen-bond acceptors (Lipinski definition) is 3. The Morgan fingerprint density at radius 3 is 2.15 bits per heavy atom. The van der Waals surface area contributed by atoms with E-state index in [-0.39, 0.29) is 11.3 Å². The summed E-state index contributed by atoms with van der Waals surface area (Å²) >= 11 is 0. The molecule has 0 saturated carbocycles. The van der Waals surface area contributed by atoms with Gasteiger partial charge >= 0.3 is 12.3 Å². The van der Waals surface area contributed by atoms with Gasteiger partial charge in [-0.2, -0.15) is 17.6 Å². The zero-order chi connectivity index (χ0) is 15.3. The predicted molar refractivity (Wildman–Crippen MR) is 58.9 cm³/mol. The fourth-order valence-corrected chi connectivity index (χ4v) is 1.04. The van der Waals surface area contributed by atoms with E-state index in [4.69, 9.17) is 0 Å². The van der Waals surface area contributed by atoms with Crippen molar-refractivity contribution in [3.63, 3.8) is 0 Å². The summed E-state index contributed by atoms with van der Waals surface area (Å²) in [5.74, 6) is -2.40. The molecule has 0 heterocycles. The fourth-order valence-electron chi connectivity index (χ4n) is 1.04. The number of hydrogen-bond donors (Lipinski definition) is 0. The molecule has 0 amide bonds. The van der Waals surface area contributed by atoms with Crippen molar-refractivity contribution in [2.75, 3.05) is 0 Å². The summed E-state index contributed by atoms with van der Waals surface area (Å²) in [5.41, 5.74) is 0.105. The molecule has 0 bridgehead atoms. The quantitative estimate of drug-likeness (QED) is 0.465. The Labute approximate surface area is 109 Å². The molecule has 0 aliphatic heterocycles. The maximum absolute atomic E-state index is 12.6. The molecule has 1 rings (SSSR count). The number of ether oxygens (including phenoxy) is 2. The van der Waals surface area contributed by atoms with Crippen molar-refractivity contribution in [1.82, 2.24) is 0 Å². The third-order valence-electron chi connectivity index (χ3n) is 1.88. The summed E-state index contributed by atoms with van der Waals surface area (Å²) in [7, 11) is 0. The summed E-state index contributed by atoms with van der Waals surface area (Å²) in [6.07, 6.45) is -7.76. The predicted octanol–water partition coefficient (Wildman–Crippen LogP) is 4.52. The topological polar surface area (TPSA) is 35.5 Å². The lowest BCUT2D eigenvalue weighted by atomic mass is 10.2. The molecule has 0 aromatic heterocycles. The van der Waals surface area contributed by atoms with Crippen molar-refractivity contribution < 1.29 is 36.2 Å². The van der Waals surface area contributed by atoms with Crippen LogP contribution in [0.5, 0.6) is 5.75 Å². The van der Waals surface area contributed by atoms with Crippen molar-refractivity contribution in [1.29, 1.82) is 0 Å². The Morgan fingerprint density at radius 1 is 1.15 bits per heavy atom. The van der Waals surface area contributed by atoms with E-state index in [1.165, 1.54) is 0 Å². The lowest BCUT2D eigenvalue weighted by molar-refractivity contribution is -0.187. The van der Waals surface area contributed by atoms with E-state index >= 15 is 0 Å². The first-order valence-corrected chi connectivity index (χ1v) is 4.97. The molecule has 20 heavy (non-hydrogen) atoms. The van der Waals surface area contributed by atoms with Crippen molar-refractivity contribution in [2.24, 2.45) is 0 Å². The molecule has 0 spiro atoms. The second kappa shape index (κ2) is 6.18. The Kier molecular flexibility index (Phi) is 4.84. The first-order valence-electron chi connectivity index (χ1n) is 4.97. The summed E-state index contributed by atoms with van der Waals surface area (Å²) in [4.78, 5) is 10.9. The normalized spacial score (nSPS) is 10.7. The second-order valence-corrected chi connectivity index (χ2v) is 3.38. The van der Waals surface area contributed by atoms with Gasteiger partial charge in [-0.1, -0.05) is 18.7 Å². The maximum atomic E-state index is 12.6. The average molecular weight is 294 g/mol. The van der Waals surface area contributed by atoms with Crippen molar-refractivity contribution in [2.45, 2.75) is 6.11 Å². The van der Waals surface area contributed by atoms with E-state index in [1.807, 2.05) is 0 Å². The minimum atomic E-state index is -4.50. The van der Waals surface area contributed by atoms with E-state index in [9.17, 15) is 26.7 Å². The summed E-state index contributed by atoms with van der Waals surface area (Å²) in [6.45, 7) is 2.30. The number of alkyl halides is 2. The summed E-state index contributed by atoms with van der Waals surface area (Å²) < 4.78 is 69.0. The van der Waals surface area contributed by atoms with Crippen LogP contribution < -0.4 is 4.74 Å². The highest BCUT2D eigenvalue weighted by Gasteiger charge is 2.39. The van der Waals surface area contributed by atoms with E-state index in [0.717, 1.165) is 24.3 Å². The first kappa shape index (κ1) is 15.7. The van der Waals surface area contributed by atoms with Gasteiger partial charge in [0.15, 0.2) is 0 Å². The molecule has 1 aromatic carbocycles. The van der Waals surface area contributed by atoms with Gasteiger partial charge < -0.3 is 9.47 Å². The van der Waals surface area contributed by atoms with Gasteiger partial charge in [0, 0.05) is 6.08 Å². The summed E-state index contributed by atoms with van der Waals surface area (Å²) in [6, 6.07) is 4.43. The van der Waals surface area contributed by atoms with E-state index in [0.29, 0.717) is 6.08 Å². The van der Waals surface area contributed by atoms with Gasteiger partial charge in [0.2, 0.25) is 5.83 Å². The van der Waals surface area contributed by atoms with Gasteiger partial charge in [0.1, 0.15) is 5.75 Å². The standard InChI is InChI=1S/C12H7F5O3/c1-7(13)12(16,17)20-11(18)19-9-4-2-8(3-5-9)6-10(14)15/h2-6H,1H2. The lowest BCUT2D eigenvalue weighted by Crippen LogP contribution is -2.27.